The third-order valence-corrected chi connectivity index (χ3v) is 3.16. The minimum Gasteiger partial charge on any atom is -0.313 e. The van der Waals surface area contributed by atoms with E-state index in [0.717, 1.165) is 18.2 Å². The van der Waals surface area contributed by atoms with E-state index in [1.165, 1.54) is 6.07 Å². The fourth-order valence-electron chi connectivity index (χ4n) is 2.08. The summed E-state index contributed by atoms with van der Waals surface area (Å²) >= 11 is 0. The number of aryl methyl sites for hydroxylation is 1. The van der Waals surface area contributed by atoms with Crippen molar-refractivity contribution in [1.29, 1.82) is 0 Å². The van der Waals surface area contributed by atoms with Gasteiger partial charge in [0.05, 0.1) is 6.20 Å². The normalized spacial score (nSPS) is 12.6. The zero-order chi connectivity index (χ0) is 13.8. The second-order valence-corrected chi connectivity index (χ2v) is 4.39. The van der Waals surface area contributed by atoms with E-state index < -0.39 is 11.6 Å². The molecule has 0 fully saturated rings. The lowest BCUT2D eigenvalue weighted by atomic mass is 10.00. The molecule has 3 nitrogen and oxygen atoms in total. The topological polar surface area (TPSA) is 29.9 Å². The van der Waals surface area contributed by atoms with Crippen LogP contribution in [0.1, 0.15) is 24.1 Å². The SMILES string of the molecule is CCn1cc(CC(NC)c2cccc(F)c2F)cn1. The molecule has 0 spiro atoms. The van der Waals surface area contributed by atoms with E-state index in [9.17, 15) is 8.78 Å². The summed E-state index contributed by atoms with van der Waals surface area (Å²) in [6, 6.07) is 3.98. The largest absolute Gasteiger partial charge is 0.313 e. The van der Waals surface area contributed by atoms with Crippen LogP contribution in [0.25, 0.3) is 0 Å². The molecule has 0 saturated heterocycles. The van der Waals surface area contributed by atoms with Gasteiger partial charge in [-0.15, -0.1) is 0 Å². The minimum absolute atomic E-state index is 0.273. The standard InChI is InChI=1S/C14H17F2N3/c1-3-19-9-10(8-18-19)7-13(17-2)11-5-4-6-12(15)14(11)16/h4-6,8-9,13,17H,3,7H2,1-2H3. The predicted octanol–water partition coefficient (Wildman–Crippen LogP) is 2.68. The van der Waals surface area contributed by atoms with E-state index in [0.29, 0.717) is 12.0 Å². The Balaban J connectivity index is 2.22. The Morgan fingerprint density at radius 1 is 1.37 bits per heavy atom. The van der Waals surface area contributed by atoms with Gasteiger partial charge < -0.3 is 5.32 Å². The molecule has 0 aliphatic carbocycles. The van der Waals surface area contributed by atoms with Gasteiger partial charge in [0.25, 0.3) is 0 Å². The van der Waals surface area contributed by atoms with Gasteiger partial charge in [0.1, 0.15) is 0 Å². The van der Waals surface area contributed by atoms with Gasteiger partial charge in [0.15, 0.2) is 11.6 Å². The Bertz CT molecular complexity index is 551. The van der Waals surface area contributed by atoms with Gasteiger partial charge in [0, 0.05) is 24.3 Å². The molecule has 1 aromatic carbocycles. The van der Waals surface area contributed by atoms with Crippen molar-refractivity contribution in [2.24, 2.45) is 0 Å². The molecule has 0 bridgehead atoms. The van der Waals surface area contributed by atoms with Crippen LogP contribution >= 0.6 is 0 Å². The minimum atomic E-state index is -0.818. The van der Waals surface area contributed by atoms with Crippen LogP contribution in [0.5, 0.6) is 0 Å². The first-order chi connectivity index (χ1) is 9.15. The van der Waals surface area contributed by atoms with Crippen molar-refractivity contribution in [3.63, 3.8) is 0 Å². The number of aromatic nitrogens is 2. The molecule has 0 saturated carbocycles. The maximum atomic E-state index is 13.8. The molecule has 1 aromatic heterocycles. The van der Waals surface area contributed by atoms with Crippen molar-refractivity contribution in [3.05, 3.63) is 53.4 Å². The summed E-state index contributed by atoms with van der Waals surface area (Å²) in [4.78, 5) is 0. The van der Waals surface area contributed by atoms with E-state index in [1.807, 2.05) is 17.8 Å². The van der Waals surface area contributed by atoms with Gasteiger partial charge in [-0.3, -0.25) is 4.68 Å². The van der Waals surface area contributed by atoms with Crippen LogP contribution in [0, 0.1) is 11.6 Å². The molecule has 0 radical (unpaired) electrons. The number of nitrogens with zero attached hydrogens (tertiary/aromatic N) is 2. The molecule has 1 N–H and O–H groups in total. The Labute approximate surface area is 111 Å². The molecule has 1 atom stereocenters. The molecule has 0 amide bonds. The molecular formula is C14H17F2N3. The smallest absolute Gasteiger partial charge is 0.163 e. The van der Waals surface area contributed by atoms with Gasteiger partial charge in [-0.05, 0) is 32.0 Å². The quantitative estimate of drug-likeness (QED) is 0.900. The van der Waals surface area contributed by atoms with E-state index >= 15 is 0 Å². The fourth-order valence-corrected chi connectivity index (χ4v) is 2.08. The molecular weight excluding hydrogens is 248 g/mol. The van der Waals surface area contributed by atoms with Crippen LogP contribution in [0.3, 0.4) is 0 Å². The number of halogens is 2. The van der Waals surface area contributed by atoms with Gasteiger partial charge in [-0.25, -0.2) is 8.78 Å². The monoisotopic (exact) mass is 265 g/mol. The van der Waals surface area contributed by atoms with Crippen LogP contribution in [-0.2, 0) is 13.0 Å². The zero-order valence-corrected chi connectivity index (χ0v) is 11.0. The molecule has 2 aromatic rings. The summed E-state index contributed by atoms with van der Waals surface area (Å²) in [5.74, 6) is -1.60. The van der Waals surface area contributed by atoms with Crippen molar-refractivity contribution >= 4 is 0 Å². The van der Waals surface area contributed by atoms with Crippen molar-refractivity contribution in [2.45, 2.75) is 25.9 Å². The number of benzene rings is 1. The van der Waals surface area contributed by atoms with Gasteiger partial charge in [-0.1, -0.05) is 12.1 Å². The van der Waals surface area contributed by atoms with Crippen molar-refractivity contribution < 1.29 is 8.78 Å². The molecule has 0 aliphatic heterocycles. The lowest BCUT2D eigenvalue weighted by Gasteiger charge is -2.16. The van der Waals surface area contributed by atoms with Crippen molar-refractivity contribution in [1.82, 2.24) is 15.1 Å². The average molecular weight is 265 g/mol. The van der Waals surface area contributed by atoms with Crippen LogP contribution < -0.4 is 5.32 Å². The van der Waals surface area contributed by atoms with E-state index in [2.05, 4.69) is 10.4 Å². The lowest BCUT2D eigenvalue weighted by molar-refractivity contribution is 0.473. The molecule has 1 heterocycles. The first-order valence-corrected chi connectivity index (χ1v) is 6.28. The van der Waals surface area contributed by atoms with Crippen molar-refractivity contribution in [3.8, 4) is 0 Å². The third kappa shape index (κ3) is 2.98. The zero-order valence-electron chi connectivity index (χ0n) is 11.0. The van der Waals surface area contributed by atoms with Crippen molar-refractivity contribution in [2.75, 3.05) is 7.05 Å². The van der Waals surface area contributed by atoms with Crippen LogP contribution in [0.15, 0.2) is 30.6 Å². The number of likely N-dealkylation sites (N-methyl/N-ethyl adjacent to an activating group) is 1. The summed E-state index contributed by atoms with van der Waals surface area (Å²) in [5.41, 5.74) is 1.33. The number of hydrogen-bond acceptors (Lipinski definition) is 2. The highest BCUT2D eigenvalue weighted by atomic mass is 19.2. The summed E-state index contributed by atoms with van der Waals surface area (Å²) in [6.45, 7) is 2.79. The van der Waals surface area contributed by atoms with Crippen LogP contribution in [0.2, 0.25) is 0 Å². The molecule has 1 unspecified atom stereocenters. The molecule has 0 aliphatic rings. The number of nitrogens with one attached hydrogen (secondary N) is 1. The first kappa shape index (κ1) is 13.7. The van der Waals surface area contributed by atoms with E-state index in [-0.39, 0.29) is 6.04 Å². The average Bonchev–Trinajstić information content (AvgIpc) is 2.87. The van der Waals surface area contributed by atoms with Gasteiger partial charge in [0.2, 0.25) is 0 Å². The Morgan fingerprint density at radius 2 is 2.16 bits per heavy atom. The Morgan fingerprint density at radius 3 is 2.79 bits per heavy atom. The molecule has 102 valence electrons. The summed E-state index contributed by atoms with van der Waals surface area (Å²) in [7, 11) is 1.74. The Kier molecular flexibility index (Phi) is 4.27. The highest BCUT2D eigenvalue weighted by molar-refractivity contribution is 5.24. The summed E-state index contributed by atoms with van der Waals surface area (Å²) < 4.78 is 28.8. The van der Waals surface area contributed by atoms with Gasteiger partial charge in [-0.2, -0.15) is 5.10 Å². The highest BCUT2D eigenvalue weighted by Gasteiger charge is 2.17. The summed E-state index contributed by atoms with van der Waals surface area (Å²) in [5, 5.41) is 7.20. The lowest BCUT2D eigenvalue weighted by Crippen LogP contribution is -2.20. The highest BCUT2D eigenvalue weighted by Crippen LogP contribution is 2.22. The molecule has 5 heteroatoms. The maximum Gasteiger partial charge on any atom is 0.163 e. The first-order valence-electron chi connectivity index (χ1n) is 6.28. The van der Waals surface area contributed by atoms with Crippen LogP contribution in [-0.4, -0.2) is 16.8 Å². The van der Waals surface area contributed by atoms with E-state index in [1.54, 1.807) is 19.3 Å². The second kappa shape index (κ2) is 5.93. The Hall–Kier alpha value is -1.75. The van der Waals surface area contributed by atoms with Crippen LogP contribution in [0.4, 0.5) is 8.78 Å². The summed E-state index contributed by atoms with van der Waals surface area (Å²) in [6.07, 6.45) is 4.24. The predicted molar refractivity (Wildman–Crippen MR) is 69.8 cm³/mol. The molecule has 19 heavy (non-hydrogen) atoms. The van der Waals surface area contributed by atoms with Gasteiger partial charge >= 0.3 is 0 Å². The molecule has 2 rings (SSSR count). The fraction of sp³-hybridized carbons (Fsp3) is 0.357. The maximum absolute atomic E-state index is 13.8. The number of hydrogen-bond donors (Lipinski definition) is 1. The number of rotatable bonds is 5. The van der Waals surface area contributed by atoms with E-state index in [4.69, 9.17) is 0 Å². The second-order valence-electron chi connectivity index (χ2n) is 4.39. The third-order valence-electron chi connectivity index (χ3n) is 3.16.